The standard InChI is InChI=1S/C25H30N4O4S2/c1-28(22(18-7-4-3-5-8-18)16-29-14-12-19(30)15-29)24(31)17-34-23-11-10-21(27-35(32)33-2)25-20(23)9-6-13-26-25/h3-11,13,19,22,30,35H,12,14-17H2,1-2H3/t19-,22?/m0/s1. The maximum absolute atomic E-state index is 13.3. The van der Waals surface area contributed by atoms with E-state index in [4.69, 9.17) is 4.18 Å². The van der Waals surface area contributed by atoms with Crippen molar-refractivity contribution in [3.8, 4) is 0 Å². The lowest BCUT2D eigenvalue weighted by atomic mass is 10.1. The molecule has 1 aliphatic rings. The highest BCUT2D eigenvalue weighted by atomic mass is 32.2. The molecule has 0 radical (unpaired) electrons. The zero-order chi connectivity index (χ0) is 24.8. The number of aliphatic hydroxyl groups excluding tert-OH is 1. The lowest BCUT2D eigenvalue weighted by Gasteiger charge is -2.32. The van der Waals surface area contributed by atoms with Gasteiger partial charge in [-0.15, -0.1) is 11.8 Å². The molecule has 1 N–H and O–H groups in total. The number of carbonyl (C=O) groups is 1. The molecule has 4 rings (SSSR count). The zero-order valence-corrected chi connectivity index (χ0v) is 21.5. The molecule has 1 aromatic heterocycles. The number of benzene rings is 2. The lowest BCUT2D eigenvalue weighted by Crippen LogP contribution is -2.39. The topological polar surface area (TPSA) is 95.3 Å². The SMILES string of the molecule is CO[SH](=O)=Nc1ccc(SCC(=O)N(C)C(CN2CC[C@H](O)C2)c2ccccc2)c2cccnc12. The molecule has 35 heavy (non-hydrogen) atoms. The van der Waals surface area contributed by atoms with Crippen LogP contribution in [0.3, 0.4) is 0 Å². The predicted molar refractivity (Wildman–Crippen MR) is 140 cm³/mol. The average Bonchev–Trinajstić information content (AvgIpc) is 3.31. The third-order valence-corrected chi connectivity index (χ3v) is 7.88. The normalized spacial score (nSPS) is 18.1. The minimum absolute atomic E-state index is 0.0110. The first-order chi connectivity index (χ1) is 17.0. The monoisotopic (exact) mass is 514 g/mol. The molecule has 0 saturated carbocycles. The summed E-state index contributed by atoms with van der Waals surface area (Å²) in [6, 6.07) is 17.3. The number of amides is 1. The molecule has 1 saturated heterocycles. The van der Waals surface area contributed by atoms with Crippen molar-refractivity contribution >= 4 is 45.1 Å². The maximum Gasteiger partial charge on any atom is 0.233 e. The van der Waals surface area contributed by atoms with Gasteiger partial charge in [0.05, 0.1) is 30.5 Å². The van der Waals surface area contributed by atoms with Gasteiger partial charge in [0.15, 0.2) is 10.9 Å². The van der Waals surface area contributed by atoms with E-state index in [1.165, 1.54) is 18.9 Å². The number of carbonyl (C=O) groups excluding carboxylic acids is 1. The van der Waals surface area contributed by atoms with Crippen LogP contribution in [0.15, 0.2) is 70.1 Å². The number of hydrogen-bond donors (Lipinski definition) is 2. The number of pyridine rings is 1. The Kier molecular flexibility index (Phi) is 8.74. The lowest BCUT2D eigenvalue weighted by molar-refractivity contribution is -0.129. The van der Waals surface area contributed by atoms with Crippen molar-refractivity contribution in [1.82, 2.24) is 14.8 Å². The molecule has 186 valence electrons. The van der Waals surface area contributed by atoms with E-state index in [1.54, 1.807) is 17.2 Å². The fourth-order valence-electron chi connectivity index (χ4n) is 4.23. The fraction of sp³-hybridized carbons (Fsp3) is 0.360. The molecular formula is C25H30N4O4S2. The Balaban J connectivity index is 1.51. The van der Waals surface area contributed by atoms with Crippen LogP contribution in [0.1, 0.15) is 18.0 Å². The van der Waals surface area contributed by atoms with Gasteiger partial charge in [-0.05, 0) is 30.2 Å². The van der Waals surface area contributed by atoms with Gasteiger partial charge in [-0.3, -0.25) is 18.9 Å². The van der Waals surface area contributed by atoms with Crippen molar-refractivity contribution in [1.29, 1.82) is 0 Å². The van der Waals surface area contributed by atoms with E-state index in [0.717, 1.165) is 28.8 Å². The molecule has 2 unspecified atom stereocenters. The molecule has 1 amide bonds. The van der Waals surface area contributed by atoms with Crippen LogP contribution in [0.5, 0.6) is 0 Å². The van der Waals surface area contributed by atoms with Crippen molar-refractivity contribution in [2.24, 2.45) is 4.36 Å². The number of thioether (sulfide) groups is 1. The molecular weight excluding hydrogens is 484 g/mol. The molecule has 1 aliphatic heterocycles. The van der Waals surface area contributed by atoms with E-state index >= 15 is 0 Å². The van der Waals surface area contributed by atoms with Crippen molar-refractivity contribution < 1.29 is 18.3 Å². The van der Waals surface area contributed by atoms with E-state index in [2.05, 4.69) is 14.2 Å². The highest BCUT2D eigenvalue weighted by Crippen LogP contribution is 2.33. The Bertz CT molecular complexity index is 1250. The number of likely N-dealkylation sites (tertiary alicyclic amines) is 1. The molecule has 3 atom stereocenters. The molecule has 0 spiro atoms. The Labute approximate surface area is 211 Å². The number of likely N-dealkylation sites (N-methyl/N-ethyl adjacent to an activating group) is 1. The summed E-state index contributed by atoms with van der Waals surface area (Å²) in [5, 5.41) is 10.8. The number of aromatic nitrogens is 1. The molecule has 1 fully saturated rings. The highest BCUT2D eigenvalue weighted by molar-refractivity contribution is 8.00. The zero-order valence-electron chi connectivity index (χ0n) is 19.8. The van der Waals surface area contributed by atoms with Crippen molar-refractivity contribution in [2.75, 3.05) is 39.5 Å². The largest absolute Gasteiger partial charge is 0.392 e. The van der Waals surface area contributed by atoms with Gasteiger partial charge in [0.1, 0.15) is 5.69 Å². The van der Waals surface area contributed by atoms with E-state index in [-0.39, 0.29) is 23.8 Å². The first-order valence-electron chi connectivity index (χ1n) is 11.4. The smallest absolute Gasteiger partial charge is 0.233 e. The minimum Gasteiger partial charge on any atom is -0.392 e. The molecule has 10 heteroatoms. The number of nitrogens with zero attached hydrogens (tertiary/aromatic N) is 4. The predicted octanol–water partition coefficient (Wildman–Crippen LogP) is 3.45. The van der Waals surface area contributed by atoms with Gasteiger partial charge < -0.3 is 10.0 Å². The summed E-state index contributed by atoms with van der Waals surface area (Å²) < 4.78 is 20.7. The molecule has 0 bridgehead atoms. The summed E-state index contributed by atoms with van der Waals surface area (Å²) >= 11 is 1.44. The molecule has 3 aromatic rings. The molecule has 2 heterocycles. The summed E-state index contributed by atoms with van der Waals surface area (Å²) in [5.41, 5.74) is 2.18. The van der Waals surface area contributed by atoms with Crippen LogP contribution in [0.4, 0.5) is 5.69 Å². The number of hydrogen-bond acceptors (Lipinski definition) is 8. The summed E-state index contributed by atoms with van der Waals surface area (Å²) in [4.78, 5) is 22.6. The maximum atomic E-state index is 13.3. The van der Waals surface area contributed by atoms with Gasteiger partial charge in [-0.25, -0.2) is 4.21 Å². The van der Waals surface area contributed by atoms with Gasteiger partial charge in [0.25, 0.3) is 0 Å². The van der Waals surface area contributed by atoms with Gasteiger partial charge in [-0.1, -0.05) is 36.4 Å². The van der Waals surface area contributed by atoms with Crippen LogP contribution in [0, 0.1) is 0 Å². The van der Waals surface area contributed by atoms with E-state index in [9.17, 15) is 14.1 Å². The summed E-state index contributed by atoms with van der Waals surface area (Å²) in [6.07, 6.45) is 2.12. The van der Waals surface area contributed by atoms with Gasteiger partial charge in [-0.2, -0.15) is 4.36 Å². The summed E-state index contributed by atoms with van der Waals surface area (Å²) in [6.45, 7) is 2.13. The number of thiol groups is 1. The Morgan fingerprint density at radius 3 is 2.80 bits per heavy atom. The summed E-state index contributed by atoms with van der Waals surface area (Å²) in [7, 11) is 1.03. The van der Waals surface area contributed by atoms with Gasteiger partial charge in [0, 0.05) is 43.2 Å². The van der Waals surface area contributed by atoms with Crippen LogP contribution in [-0.4, -0.2) is 75.7 Å². The number of fused-ring (bicyclic) bond motifs is 1. The second-order valence-corrected chi connectivity index (χ2v) is 10.5. The fourth-order valence-corrected chi connectivity index (χ4v) is 5.62. The van der Waals surface area contributed by atoms with E-state index in [1.807, 2.05) is 55.6 Å². The average molecular weight is 515 g/mol. The second kappa shape index (κ2) is 12.0. The first-order valence-corrected chi connectivity index (χ1v) is 13.5. The summed E-state index contributed by atoms with van der Waals surface area (Å²) in [5.74, 6) is 0.270. The number of rotatable bonds is 9. The van der Waals surface area contributed by atoms with Crippen molar-refractivity contribution in [2.45, 2.75) is 23.5 Å². The third-order valence-electron chi connectivity index (χ3n) is 6.13. The van der Waals surface area contributed by atoms with Crippen molar-refractivity contribution in [3.63, 3.8) is 0 Å². The quantitative estimate of drug-likeness (QED) is 0.334. The van der Waals surface area contributed by atoms with Gasteiger partial charge >= 0.3 is 0 Å². The van der Waals surface area contributed by atoms with Crippen LogP contribution in [0.2, 0.25) is 0 Å². The number of β-amino-alcohol motifs (C(OH)–C–C–N with tert-alkyl or cyclic N) is 1. The number of aliphatic hydroxyl groups is 1. The Morgan fingerprint density at radius 1 is 1.29 bits per heavy atom. The molecule has 2 aromatic carbocycles. The van der Waals surface area contributed by atoms with E-state index < -0.39 is 10.9 Å². The van der Waals surface area contributed by atoms with Gasteiger partial charge in [0.2, 0.25) is 5.91 Å². The Hall–Kier alpha value is -2.50. The van der Waals surface area contributed by atoms with Crippen molar-refractivity contribution in [3.05, 3.63) is 66.4 Å². The third kappa shape index (κ3) is 6.39. The highest BCUT2D eigenvalue weighted by Gasteiger charge is 2.28. The first kappa shape index (κ1) is 25.6. The van der Waals surface area contributed by atoms with Crippen LogP contribution < -0.4 is 0 Å². The van der Waals surface area contributed by atoms with Crippen LogP contribution in [0.25, 0.3) is 10.9 Å². The molecule has 0 aliphatic carbocycles. The minimum atomic E-state index is -2.16. The van der Waals surface area contributed by atoms with Crippen LogP contribution >= 0.6 is 11.8 Å². The molecule has 8 nitrogen and oxygen atoms in total. The van der Waals surface area contributed by atoms with E-state index in [0.29, 0.717) is 24.3 Å². The Morgan fingerprint density at radius 2 is 2.09 bits per heavy atom. The van der Waals surface area contributed by atoms with Crippen LogP contribution in [-0.2, 0) is 19.9 Å². The second-order valence-electron chi connectivity index (χ2n) is 8.42.